The van der Waals surface area contributed by atoms with E-state index >= 15 is 0 Å². The van der Waals surface area contributed by atoms with Gasteiger partial charge in [0, 0.05) is 39.0 Å². The zero-order valence-corrected chi connectivity index (χ0v) is 13.9. The average molecular weight is 310 g/mol. The fourth-order valence-electron chi connectivity index (χ4n) is 1.51. The Bertz CT molecular complexity index is 358. The molecular formula is C11H26N4O2S2. The zero-order chi connectivity index (χ0) is 14.7. The predicted octanol–water partition coefficient (Wildman–Crippen LogP) is 0.186. The second-order valence-electron chi connectivity index (χ2n) is 4.03. The molecule has 6 nitrogen and oxygen atoms in total. The van der Waals surface area contributed by atoms with Gasteiger partial charge in [-0.1, -0.05) is 6.92 Å². The molecule has 0 rings (SSSR count). The topological polar surface area (TPSA) is 73.8 Å². The average Bonchev–Trinajstić information content (AvgIpc) is 2.35. The summed E-state index contributed by atoms with van der Waals surface area (Å²) < 4.78 is 24.2. The lowest BCUT2D eigenvalue weighted by molar-refractivity contribution is 0.424. The maximum Gasteiger partial charge on any atom is 0.211 e. The van der Waals surface area contributed by atoms with Crippen molar-refractivity contribution in [1.29, 1.82) is 0 Å². The first-order valence-electron chi connectivity index (χ1n) is 6.34. The third kappa shape index (κ3) is 9.12. The minimum atomic E-state index is -3.08. The maximum absolute atomic E-state index is 11.4. The zero-order valence-electron chi connectivity index (χ0n) is 12.3. The largest absolute Gasteiger partial charge is 0.356 e. The second kappa shape index (κ2) is 10.3. The van der Waals surface area contributed by atoms with Crippen LogP contribution < -0.4 is 10.6 Å². The van der Waals surface area contributed by atoms with E-state index in [2.05, 4.69) is 21.9 Å². The number of thioether (sulfide) groups is 1. The minimum absolute atomic E-state index is 0.513. The monoisotopic (exact) mass is 310 g/mol. The van der Waals surface area contributed by atoms with E-state index in [9.17, 15) is 8.42 Å². The summed E-state index contributed by atoms with van der Waals surface area (Å²) in [5.41, 5.74) is 0. The molecule has 114 valence electrons. The van der Waals surface area contributed by atoms with Gasteiger partial charge in [0.25, 0.3) is 0 Å². The molecule has 0 saturated carbocycles. The van der Waals surface area contributed by atoms with Crippen molar-refractivity contribution in [1.82, 2.24) is 14.9 Å². The quantitative estimate of drug-likeness (QED) is 0.361. The smallest absolute Gasteiger partial charge is 0.211 e. The van der Waals surface area contributed by atoms with Crippen LogP contribution in [0.4, 0.5) is 0 Å². The van der Waals surface area contributed by atoms with Crippen molar-refractivity contribution in [3.05, 3.63) is 0 Å². The van der Waals surface area contributed by atoms with Crippen LogP contribution in [-0.2, 0) is 10.0 Å². The highest BCUT2D eigenvalue weighted by atomic mass is 32.2. The molecule has 2 N–H and O–H groups in total. The van der Waals surface area contributed by atoms with Crippen molar-refractivity contribution >= 4 is 27.7 Å². The third-order valence-electron chi connectivity index (χ3n) is 2.52. The number of hydrogen-bond acceptors (Lipinski definition) is 4. The Morgan fingerprint density at radius 1 is 1.32 bits per heavy atom. The van der Waals surface area contributed by atoms with Crippen LogP contribution in [-0.4, -0.2) is 70.2 Å². The standard InChI is InChI=1S/C11H26N4O2S2/c1-5-15(19(4,16)17)9-6-7-13-11(12-2)14-8-10-18-3/h5-10H2,1-4H3,(H2,12,13,14). The van der Waals surface area contributed by atoms with Gasteiger partial charge in [-0.2, -0.15) is 11.8 Å². The number of rotatable bonds is 9. The van der Waals surface area contributed by atoms with Gasteiger partial charge in [-0.15, -0.1) is 0 Å². The van der Waals surface area contributed by atoms with E-state index in [-0.39, 0.29) is 0 Å². The van der Waals surface area contributed by atoms with Crippen molar-refractivity contribution in [3.63, 3.8) is 0 Å². The van der Waals surface area contributed by atoms with E-state index in [0.29, 0.717) is 19.6 Å². The molecule has 0 amide bonds. The molecular weight excluding hydrogens is 284 g/mol. The molecule has 8 heteroatoms. The molecule has 0 aromatic heterocycles. The van der Waals surface area contributed by atoms with Gasteiger partial charge < -0.3 is 10.6 Å². The third-order valence-corrected chi connectivity index (χ3v) is 4.51. The van der Waals surface area contributed by atoms with E-state index in [0.717, 1.165) is 24.7 Å². The van der Waals surface area contributed by atoms with Crippen LogP contribution in [0.2, 0.25) is 0 Å². The van der Waals surface area contributed by atoms with Crippen molar-refractivity contribution in [2.24, 2.45) is 4.99 Å². The Hall–Kier alpha value is -0.470. The van der Waals surface area contributed by atoms with E-state index in [4.69, 9.17) is 0 Å². The van der Waals surface area contributed by atoms with Gasteiger partial charge in [0.1, 0.15) is 0 Å². The summed E-state index contributed by atoms with van der Waals surface area (Å²) in [6.07, 6.45) is 4.05. The highest BCUT2D eigenvalue weighted by Gasteiger charge is 2.13. The van der Waals surface area contributed by atoms with Crippen LogP contribution in [0.3, 0.4) is 0 Å². The lowest BCUT2D eigenvalue weighted by Gasteiger charge is -2.18. The molecule has 0 heterocycles. The fraction of sp³-hybridized carbons (Fsp3) is 0.909. The summed E-state index contributed by atoms with van der Waals surface area (Å²) >= 11 is 1.77. The molecule has 0 aromatic carbocycles. The van der Waals surface area contributed by atoms with E-state index in [1.54, 1.807) is 18.8 Å². The number of hydrogen-bond donors (Lipinski definition) is 2. The van der Waals surface area contributed by atoms with Gasteiger partial charge in [-0.3, -0.25) is 4.99 Å². The van der Waals surface area contributed by atoms with E-state index < -0.39 is 10.0 Å². The Kier molecular flexibility index (Phi) is 10.1. The fourth-order valence-corrected chi connectivity index (χ4v) is 2.75. The van der Waals surface area contributed by atoms with E-state index in [1.165, 1.54) is 10.6 Å². The SMILES string of the molecule is CCN(CCCNC(=NC)NCCSC)S(C)(=O)=O. The Morgan fingerprint density at radius 2 is 1.95 bits per heavy atom. The molecule has 0 unspecified atom stereocenters. The number of nitrogens with zero attached hydrogens (tertiary/aromatic N) is 2. The molecule has 19 heavy (non-hydrogen) atoms. The second-order valence-corrected chi connectivity index (χ2v) is 6.99. The van der Waals surface area contributed by atoms with Crippen molar-refractivity contribution < 1.29 is 8.42 Å². The van der Waals surface area contributed by atoms with Gasteiger partial charge in [0.05, 0.1) is 6.26 Å². The van der Waals surface area contributed by atoms with Crippen LogP contribution in [0.1, 0.15) is 13.3 Å². The summed E-state index contributed by atoms with van der Waals surface area (Å²) in [6.45, 7) is 4.46. The molecule has 0 aromatic rings. The first-order valence-corrected chi connectivity index (χ1v) is 9.58. The van der Waals surface area contributed by atoms with E-state index in [1.807, 2.05) is 6.92 Å². The number of guanidine groups is 1. The van der Waals surface area contributed by atoms with Gasteiger partial charge in [-0.25, -0.2) is 12.7 Å². The van der Waals surface area contributed by atoms with Crippen LogP contribution in [0.25, 0.3) is 0 Å². The summed E-state index contributed by atoms with van der Waals surface area (Å²) in [6, 6.07) is 0. The van der Waals surface area contributed by atoms with Crippen molar-refractivity contribution in [3.8, 4) is 0 Å². The van der Waals surface area contributed by atoms with Gasteiger partial charge in [0.15, 0.2) is 5.96 Å². The number of aliphatic imine (C=N–C) groups is 1. The molecule has 0 aliphatic carbocycles. The predicted molar refractivity (Wildman–Crippen MR) is 84.5 cm³/mol. The molecule has 0 fully saturated rings. The Labute approximate surface area is 121 Å². The normalized spacial score (nSPS) is 12.8. The molecule has 0 saturated heterocycles. The van der Waals surface area contributed by atoms with Gasteiger partial charge in [0.2, 0.25) is 10.0 Å². The summed E-state index contributed by atoms with van der Waals surface area (Å²) in [4.78, 5) is 4.10. The molecule has 0 aliphatic heterocycles. The summed E-state index contributed by atoms with van der Waals surface area (Å²) in [5.74, 6) is 1.79. The number of nitrogens with one attached hydrogen (secondary N) is 2. The van der Waals surface area contributed by atoms with Gasteiger partial charge in [-0.05, 0) is 12.7 Å². The Balaban J connectivity index is 3.89. The molecule has 0 spiro atoms. The van der Waals surface area contributed by atoms with Crippen LogP contribution >= 0.6 is 11.8 Å². The minimum Gasteiger partial charge on any atom is -0.356 e. The lowest BCUT2D eigenvalue weighted by Crippen LogP contribution is -2.40. The first-order chi connectivity index (χ1) is 8.95. The van der Waals surface area contributed by atoms with Crippen LogP contribution in [0.5, 0.6) is 0 Å². The highest BCUT2D eigenvalue weighted by molar-refractivity contribution is 7.98. The van der Waals surface area contributed by atoms with Crippen molar-refractivity contribution in [2.45, 2.75) is 13.3 Å². The molecule has 0 radical (unpaired) electrons. The van der Waals surface area contributed by atoms with Crippen LogP contribution in [0, 0.1) is 0 Å². The molecule has 0 atom stereocenters. The lowest BCUT2D eigenvalue weighted by atomic mass is 10.4. The highest BCUT2D eigenvalue weighted by Crippen LogP contribution is 1.98. The van der Waals surface area contributed by atoms with Gasteiger partial charge >= 0.3 is 0 Å². The molecule has 0 aliphatic rings. The van der Waals surface area contributed by atoms with Crippen LogP contribution in [0.15, 0.2) is 4.99 Å². The molecule has 0 bridgehead atoms. The van der Waals surface area contributed by atoms with Crippen molar-refractivity contribution in [2.75, 3.05) is 51.5 Å². The number of sulfonamides is 1. The maximum atomic E-state index is 11.4. The summed E-state index contributed by atoms with van der Waals surface area (Å²) in [5, 5.41) is 6.36. The Morgan fingerprint density at radius 3 is 2.42 bits per heavy atom. The summed E-state index contributed by atoms with van der Waals surface area (Å²) in [7, 11) is -1.36. The first kappa shape index (κ1) is 18.5.